The smallest absolute Gasteiger partial charge is 0.251 e. The molecular weight excluding hydrogens is 336 g/mol. The van der Waals surface area contributed by atoms with E-state index in [9.17, 15) is 4.79 Å². The summed E-state index contributed by atoms with van der Waals surface area (Å²) < 4.78 is 8.29. The summed E-state index contributed by atoms with van der Waals surface area (Å²) in [5.41, 5.74) is 4.28. The molecule has 7 nitrogen and oxygen atoms in total. The minimum atomic E-state index is -0.197. The van der Waals surface area contributed by atoms with E-state index in [1.54, 1.807) is 43.0 Å². The van der Waals surface area contributed by atoms with Crippen LogP contribution in [0.4, 0.5) is 0 Å². The molecule has 0 aliphatic heterocycles. The number of hydrogen-bond donors (Lipinski definition) is 1. The van der Waals surface area contributed by atoms with Crippen LogP contribution in [0.2, 0.25) is 0 Å². The number of carbonyl (C=O) groups excluding carboxylic acids is 1. The molecule has 4 rings (SSSR count). The molecular formula is C17H12N6OS. The van der Waals surface area contributed by atoms with Gasteiger partial charge in [0.25, 0.3) is 5.91 Å². The van der Waals surface area contributed by atoms with Gasteiger partial charge in [0.15, 0.2) is 0 Å². The number of fused-ring (bicyclic) bond motifs is 1. The number of rotatable bonds is 4. The van der Waals surface area contributed by atoms with Gasteiger partial charge in [-0.25, -0.2) is 0 Å². The van der Waals surface area contributed by atoms with Crippen LogP contribution in [0.5, 0.6) is 0 Å². The van der Waals surface area contributed by atoms with Gasteiger partial charge in [0, 0.05) is 35.9 Å². The fraction of sp³-hybridized carbons (Fsp3) is 0.0588. The predicted molar refractivity (Wildman–Crippen MR) is 93.8 cm³/mol. The van der Waals surface area contributed by atoms with E-state index in [0.29, 0.717) is 22.5 Å². The Hall–Kier alpha value is -3.26. The van der Waals surface area contributed by atoms with Crippen molar-refractivity contribution in [3.63, 3.8) is 0 Å². The van der Waals surface area contributed by atoms with Gasteiger partial charge in [0.2, 0.25) is 0 Å². The second kappa shape index (κ2) is 6.70. The van der Waals surface area contributed by atoms with Crippen molar-refractivity contribution < 1.29 is 4.79 Å². The molecule has 25 heavy (non-hydrogen) atoms. The zero-order valence-corrected chi connectivity index (χ0v) is 13.8. The van der Waals surface area contributed by atoms with Gasteiger partial charge in [-0.2, -0.15) is 8.75 Å². The van der Waals surface area contributed by atoms with Crippen LogP contribution >= 0.6 is 11.7 Å². The fourth-order valence-corrected chi connectivity index (χ4v) is 2.95. The standard InChI is InChI=1S/C17H12N6OS/c24-17(11-3-4-13-14(8-11)23-25-22-13)21-10-15-16(20-7-6-19-15)12-2-1-5-18-9-12/h1-9H,10H2,(H,21,24). The Morgan fingerprint density at radius 3 is 2.80 bits per heavy atom. The van der Waals surface area contributed by atoms with Crippen molar-refractivity contribution in [1.82, 2.24) is 29.0 Å². The zero-order valence-electron chi connectivity index (χ0n) is 13.0. The van der Waals surface area contributed by atoms with E-state index in [2.05, 4.69) is 29.0 Å². The molecule has 0 bridgehead atoms. The van der Waals surface area contributed by atoms with Crippen LogP contribution in [0.3, 0.4) is 0 Å². The lowest BCUT2D eigenvalue weighted by Gasteiger charge is -2.09. The number of amides is 1. The van der Waals surface area contributed by atoms with Crippen molar-refractivity contribution >= 4 is 28.7 Å². The normalized spacial score (nSPS) is 10.7. The molecule has 1 amide bonds. The van der Waals surface area contributed by atoms with Crippen LogP contribution in [0.15, 0.2) is 55.1 Å². The first-order chi connectivity index (χ1) is 12.3. The van der Waals surface area contributed by atoms with Crippen LogP contribution in [-0.4, -0.2) is 29.6 Å². The quantitative estimate of drug-likeness (QED) is 0.609. The Bertz CT molecular complexity index is 1030. The Labute approximate surface area is 147 Å². The molecule has 0 fully saturated rings. The van der Waals surface area contributed by atoms with Gasteiger partial charge >= 0.3 is 0 Å². The summed E-state index contributed by atoms with van der Waals surface area (Å²) in [6.45, 7) is 0.268. The van der Waals surface area contributed by atoms with E-state index in [0.717, 1.165) is 22.8 Å². The molecule has 0 radical (unpaired) electrons. The van der Waals surface area contributed by atoms with Gasteiger partial charge in [0.1, 0.15) is 11.0 Å². The van der Waals surface area contributed by atoms with Crippen LogP contribution in [-0.2, 0) is 6.54 Å². The van der Waals surface area contributed by atoms with Crippen molar-refractivity contribution in [2.45, 2.75) is 6.54 Å². The predicted octanol–water partition coefficient (Wildman–Crippen LogP) is 2.47. The van der Waals surface area contributed by atoms with E-state index < -0.39 is 0 Å². The minimum absolute atomic E-state index is 0.197. The highest BCUT2D eigenvalue weighted by molar-refractivity contribution is 7.00. The lowest BCUT2D eigenvalue weighted by Crippen LogP contribution is -2.23. The lowest BCUT2D eigenvalue weighted by molar-refractivity contribution is 0.0950. The number of nitrogens with zero attached hydrogens (tertiary/aromatic N) is 5. The van der Waals surface area contributed by atoms with E-state index in [-0.39, 0.29) is 12.5 Å². The number of carbonyl (C=O) groups is 1. The zero-order chi connectivity index (χ0) is 17.1. The molecule has 0 saturated heterocycles. The van der Waals surface area contributed by atoms with E-state index in [1.807, 2.05) is 12.1 Å². The molecule has 0 aliphatic carbocycles. The monoisotopic (exact) mass is 348 g/mol. The fourth-order valence-electron chi connectivity index (χ4n) is 2.43. The average Bonchev–Trinajstić information content (AvgIpc) is 3.15. The van der Waals surface area contributed by atoms with E-state index >= 15 is 0 Å². The average molecular weight is 348 g/mol. The largest absolute Gasteiger partial charge is 0.346 e. The van der Waals surface area contributed by atoms with Gasteiger partial charge < -0.3 is 5.32 Å². The molecule has 0 aliphatic rings. The highest BCUT2D eigenvalue weighted by Crippen LogP contribution is 2.18. The highest BCUT2D eigenvalue weighted by atomic mass is 32.1. The Morgan fingerprint density at radius 1 is 1.04 bits per heavy atom. The molecule has 8 heteroatoms. The van der Waals surface area contributed by atoms with Gasteiger partial charge in [0.05, 0.1) is 29.7 Å². The summed E-state index contributed by atoms with van der Waals surface area (Å²) in [5, 5.41) is 2.88. The number of pyridine rings is 1. The number of benzene rings is 1. The van der Waals surface area contributed by atoms with Crippen LogP contribution < -0.4 is 5.32 Å². The summed E-state index contributed by atoms with van der Waals surface area (Å²) in [5.74, 6) is -0.197. The third-order valence-corrected chi connectivity index (χ3v) is 4.20. The molecule has 3 heterocycles. The maximum atomic E-state index is 12.4. The topological polar surface area (TPSA) is 93.6 Å². The molecule has 1 N–H and O–H groups in total. The van der Waals surface area contributed by atoms with Crippen LogP contribution in [0.1, 0.15) is 16.1 Å². The van der Waals surface area contributed by atoms with Crippen molar-refractivity contribution in [1.29, 1.82) is 0 Å². The summed E-state index contributed by atoms with van der Waals surface area (Å²) >= 11 is 1.13. The first-order valence-electron chi connectivity index (χ1n) is 7.52. The van der Waals surface area contributed by atoms with Gasteiger partial charge in [-0.1, -0.05) is 0 Å². The van der Waals surface area contributed by atoms with Crippen LogP contribution in [0.25, 0.3) is 22.3 Å². The molecule has 1 aromatic carbocycles. The molecule has 0 unspecified atom stereocenters. The molecule has 0 saturated carbocycles. The second-order valence-electron chi connectivity index (χ2n) is 5.24. The SMILES string of the molecule is O=C(NCc1nccnc1-c1cccnc1)c1ccc2nsnc2c1. The number of nitrogens with one attached hydrogen (secondary N) is 1. The first-order valence-corrected chi connectivity index (χ1v) is 8.25. The van der Waals surface area contributed by atoms with Crippen molar-refractivity contribution in [2.75, 3.05) is 0 Å². The minimum Gasteiger partial charge on any atom is -0.346 e. The van der Waals surface area contributed by atoms with Gasteiger partial charge in [-0.15, -0.1) is 0 Å². The molecule has 0 atom stereocenters. The molecule has 3 aromatic heterocycles. The van der Waals surface area contributed by atoms with E-state index in [1.165, 1.54) is 0 Å². The van der Waals surface area contributed by atoms with Gasteiger partial charge in [-0.05, 0) is 30.3 Å². The number of hydrogen-bond acceptors (Lipinski definition) is 7. The maximum Gasteiger partial charge on any atom is 0.251 e. The van der Waals surface area contributed by atoms with E-state index in [4.69, 9.17) is 0 Å². The summed E-state index contributed by atoms with van der Waals surface area (Å²) in [4.78, 5) is 25.2. The molecule has 122 valence electrons. The molecule has 4 aromatic rings. The Morgan fingerprint density at radius 2 is 1.92 bits per heavy atom. The molecule has 0 spiro atoms. The summed E-state index contributed by atoms with van der Waals surface area (Å²) in [7, 11) is 0. The lowest BCUT2D eigenvalue weighted by atomic mass is 10.1. The summed E-state index contributed by atoms with van der Waals surface area (Å²) in [6.07, 6.45) is 6.65. The van der Waals surface area contributed by atoms with Crippen LogP contribution in [0, 0.1) is 0 Å². The highest BCUT2D eigenvalue weighted by Gasteiger charge is 2.12. The maximum absolute atomic E-state index is 12.4. The third kappa shape index (κ3) is 3.20. The van der Waals surface area contributed by atoms with Crippen molar-refractivity contribution in [3.05, 3.63) is 66.4 Å². The van der Waals surface area contributed by atoms with Crippen molar-refractivity contribution in [2.24, 2.45) is 0 Å². The summed E-state index contributed by atoms with van der Waals surface area (Å²) in [6, 6.07) is 9.00. The number of aromatic nitrogens is 5. The second-order valence-corrected chi connectivity index (χ2v) is 5.77. The Kier molecular flexibility index (Phi) is 4.09. The van der Waals surface area contributed by atoms with Crippen molar-refractivity contribution in [3.8, 4) is 11.3 Å². The van der Waals surface area contributed by atoms with Gasteiger partial charge in [-0.3, -0.25) is 19.7 Å². The third-order valence-electron chi connectivity index (χ3n) is 3.64. The Balaban J connectivity index is 1.54. The first kappa shape index (κ1) is 15.3.